The second kappa shape index (κ2) is 7.14. The number of aromatic nitrogens is 3. The first-order valence-corrected chi connectivity index (χ1v) is 8.28. The molecule has 0 saturated carbocycles. The molecular formula is C14H14Cl2IN3O2. The summed E-state index contributed by atoms with van der Waals surface area (Å²) in [5.74, 6) is 0.232. The van der Waals surface area contributed by atoms with Crippen LogP contribution < -0.4 is 10.3 Å². The normalized spacial score (nSPS) is 11.5. The maximum absolute atomic E-state index is 12.1. The van der Waals surface area contributed by atoms with Crippen molar-refractivity contribution in [2.45, 2.75) is 31.9 Å². The Morgan fingerprint density at radius 2 is 2.14 bits per heavy atom. The van der Waals surface area contributed by atoms with Crippen LogP contribution in [-0.4, -0.2) is 19.6 Å². The fourth-order valence-corrected chi connectivity index (χ4v) is 2.53. The molecule has 0 atom stereocenters. The number of hydrogen-bond acceptors (Lipinski definition) is 4. The minimum atomic E-state index is -0.590. The lowest BCUT2D eigenvalue weighted by Crippen LogP contribution is -2.31. The molecular weight excluding hydrogens is 440 g/mol. The van der Waals surface area contributed by atoms with Gasteiger partial charge in [-0.3, -0.25) is 4.79 Å². The van der Waals surface area contributed by atoms with Gasteiger partial charge in [-0.2, -0.15) is 5.10 Å². The first-order valence-electron chi connectivity index (χ1n) is 6.45. The number of nitrogens with zero attached hydrogens (tertiary/aromatic N) is 3. The van der Waals surface area contributed by atoms with Crippen LogP contribution in [0.4, 0.5) is 0 Å². The second-order valence-corrected chi connectivity index (χ2v) is 7.75. The van der Waals surface area contributed by atoms with Gasteiger partial charge in [-0.1, -0.05) is 17.7 Å². The van der Waals surface area contributed by atoms with E-state index in [2.05, 4.69) is 32.7 Å². The van der Waals surface area contributed by atoms with Crippen molar-refractivity contribution in [3.63, 3.8) is 0 Å². The molecule has 0 aliphatic carbocycles. The average Bonchev–Trinajstić information content (AvgIpc) is 2.42. The molecule has 5 nitrogen and oxygen atoms in total. The highest BCUT2D eigenvalue weighted by Crippen LogP contribution is 2.21. The van der Waals surface area contributed by atoms with Crippen LogP contribution in [0.3, 0.4) is 0 Å². The van der Waals surface area contributed by atoms with Crippen LogP contribution in [0.15, 0.2) is 29.2 Å². The highest BCUT2D eigenvalue weighted by Gasteiger charge is 2.18. The van der Waals surface area contributed by atoms with Crippen molar-refractivity contribution in [2.24, 2.45) is 0 Å². The summed E-state index contributed by atoms with van der Waals surface area (Å²) in [4.78, 5) is 15.9. The molecule has 0 fully saturated rings. The molecule has 0 aliphatic heterocycles. The Morgan fingerprint density at radius 3 is 2.77 bits per heavy atom. The van der Waals surface area contributed by atoms with Crippen LogP contribution in [0, 0.1) is 3.70 Å². The minimum Gasteiger partial charge on any atom is -0.484 e. The van der Waals surface area contributed by atoms with Gasteiger partial charge in [0.25, 0.3) is 5.56 Å². The van der Waals surface area contributed by atoms with Gasteiger partial charge in [0, 0.05) is 0 Å². The van der Waals surface area contributed by atoms with Gasteiger partial charge in [0.15, 0.2) is 10.8 Å². The molecule has 2 rings (SSSR count). The molecule has 0 radical (unpaired) electrons. The predicted octanol–water partition coefficient (Wildman–Crippen LogP) is 3.49. The maximum Gasteiger partial charge on any atom is 0.289 e. The Bertz CT molecular complexity index is 729. The van der Waals surface area contributed by atoms with Crippen LogP contribution >= 0.6 is 45.8 Å². The highest BCUT2D eigenvalue weighted by atomic mass is 127. The SMILES string of the molecule is CC(C)(Cl)Cn1ncc(OCc2cccc(I)n2)c(Cl)c1=O. The van der Waals surface area contributed by atoms with E-state index in [1.54, 1.807) is 13.8 Å². The Kier molecular flexibility index (Phi) is 5.68. The van der Waals surface area contributed by atoms with Gasteiger partial charge in [0.1, 0.15) is 10.3 Å². The number of pyridine rings is 1. The fraction of sp³-hybridized carbons (Fsp3) is 0.357. The maximum atomic E-state index is 12.1. The van der Waals surface area contributed by atoms with Gasteiger partial charge < -0.3 is 4.74 Å². The molecule has 0 bridgehead atoms. The topological polar surface area (TPSA) is 57.0 Å². The monoisotopic (exact) mass is 453 g/mol. The summed E-state index contributed by atoms with van der Waals surface area (Å²) < 4.78 is 7.63. The van der Waals surface area contributed by atoms with Gasteiger partial charge in [-0.25, -0.2) is 9.67 Å². The largest absolute Gasteiger partial charge is 0.484 e. The first-order chi connectivity index (χ1) is 10.3. The zero-order valence-electron chi connectivity index (χ0n) is 12.0. The molecule has 0 spiro atoms. The predicted molar refractivity (Wildman–Crippen MR) is 94.7 cm³/mol. The van der Waals surface area contributed by atoms with Crippen LogP contribution in [0.5, 0.6) is 5.75 Å². The number of alkyl halides is 1. The molecule has 22 heavy (non-hydrogen) atoms. The third kappa shape index (κ3) is 4.82. The Labute approximate surface area is 151 Å². The van der Waals surface area contributed by atoms with Gasteiger partial charge in [-0.05, 0) is 48.6 Å². The summed E-state index contributed by atoms with van der Waals surface area (Å²) in [5, 5.41) is 4.03. The highest BCUT2D eigenvalue weighted by molar-refractivity contribution is 14.1. The summed E-state index contributed by atoms with van der Waals surface area (Å²) in [6, 6.07) is 5.60. The quantitative estimate of drug-likeness (QED) is 0.395. The molecule has 118 valence electrons. The molecule has 0 amide bonds. The van der Waals surface area contributed by atoms with Crippen molar-refractivity contribution in [3.8, 4) is 5.75 Å². The van der Waals surface area contributed by atoms with Gasteiger partial charge in [-0.15, -0.1) is 11.6 Å². The third-order valence-corrected chi connectivity index (χ3v) is 3.70. The van der Waals surface area contributed by atoms with Crippen molar-refractivity contribution in [1.29, 1.82) is 0 Å². The Hall–Kier alpha value is -0.860. The molecule has 0 unspecified atom stereocenters. The molecule has 0 N–H and O–H groups in total. The van der Waals surface area contributed by atoms with Crippen molar-refractivity contribution >= 4 is 45.8 Å². The molecule has 0 saturated heterocycles. The van der Waals surface area contributed by atoms with Crippen molar-refractivity contribution < 1.29 is 4.74 Å². The van der Waals surface area contributed by atoms with Gasteiger partial charge in [0.2, 0.25) is 0 Å². The smallest absolute Gasteiger partial charge is 0.289 e. The zero-order valence-corrected chi connectivity index (χ0v) is 15.7. The summed E-state index contributed by atoms with van der Waals surface area (Å²) >= 11 is 14.3. The van der Waals surface area contributed by atoms with E-state index in [4.69, 9.17) is 27.9 Å². The van der Waals surface area contributed by atoms with Crippen molar-refractivity contribution in [2.75, 3.05) is 0 Å². The molecule has 8 heteroatoms. The first kappa shape index (κ1) is 17.5. The fourth-order valence-electron chi connectivity index (χ4n) is 1.70. The van der Waals surface area contributed by atoms with Crippen LogP contribution in [-0.2, 0) is 13.2 Å². The number of rotatable bonds is 5. The standard InChI is InChI=1S/C14H14Cl2IN3O2/c1-14(2,16)8-20-13(21)12(15)10(6-18-20)22-7-9-4-3-5-11(17)19-9/h3-6H,7-8H2,1-2H3. The van der Waals surface area contributed by atoms with E-state index in [0.717, 1.165) is 9.39 Å². The molecule has 2 heterocycles. The van der Waals surface area contributed by atoms with E-state index in [-0.39, 0.29) is 23.9 Å². The molecule has 0 aromatic carbocycles. The van der Waals surface area contributed by atoms with Gasteiger partial charge >= 0.3 is 0 Å². The summed E-state index contributed by atoms with van der Waals surface area (Å²) in [6.07, 6.45) is 1.42. The number of ether oxygens (including phenoxy) is 1. The third-order valence-electron chi connectivity index (χ3n) is 2.63. The van der Waals surface area contributed by atoms with E-state index in [9.17, 15) is 4.79 Å². The summed E-state index contributed by atoms with van der Waals surface area (Å²) in [5.41, 5.74) is 0.317. The van der Waals surface area contributed by atoms with Crippen molar-refractivity contribution in [1.82, 2.24) is 14.8 Å². The molecule has 2 aromatic heterocycles. The van der Waals surface area contributed by atoms with E-state index in [0.29, 0.717) is 0 Å². The molecule has 2 aromatic rings. The molecule has 0 aliphatic rings. The van der Waals surface area contributed by atoms with E-state index in [1.165, 1.54) is 10.9 Å². The second-order valence-electron chi connectivity index (χ2n) is 5.24. The van der Waals surface area contributed by atoms with E-state index < -0.39 is 10.4 Å². The lowest BCUT2D eigenvalue weighted by Gasteiger charge is -2.17. The van der Waals surface area contributed by atoms with E-state index in [1.807, 2.05) is 18.2 Å². The minimum absolute atomic E-state index is 0.0125. The van der Waals surface area contributed by atoms with Crippen LogP contribution in [0.1, 0.15) is 19.5 Å². The Morgan fingerprint density at radius 1 is 1.41 bits per heavy atom. The Balaban J connectivity index is 2.16. The lowest BCUT2D eigenvalue weighted by atomic mass is 10.2. The van der Waals surface area contributed by atoms with E-state index >= 15 is 0 Å². The zero-order chi connectivity index (χ0) is 16.3. The average molecular weight is 454 g/mol. The van der Waals surface area contributed by atoms with Gasteiger partial charge in [0.05, 0.1) is 23.3 Å². The number of halogens is 3. The van der Waals surface area contributed by atoms with Crippen molar-refractivity contribution in [3.05, 3.63) is 49.2 Å². The summed E-state index contributed by atoms with van der Waals surface area (Å²) in [7, 11) is 0. The summed E-state index contributed by atoms with van der Waals surface area (Å²) in [6.45, 7) is 4.06. The van der Waals surface area contributed by atoms with Crippen LogP contribution in [0.2, 0.25) is 5.02 Å². The van der Waals surface area contributed by atoms with Crippen LogP contribution in [0.25, 0.3) is 0 Å². The number of hydrogen-bond donors (Lipinski definition) is 0. The lowest BCUT2D eigenvalue weighted by molar-refractivity contribution is 0.296.